The molecular formula is C17H19ClFN. The Morgan fingerprint density at radius 2 is 1.70 bits per heavy atom. The van der Waals surface area contributed by atoms with Gasteiger partial charge in [0, 0.05) is 5.02 Å². The van der Waals surface area contributed by atoms with Crippen molar-refractivity contribution in [2.24, 2.45) is 0 Å². The second-order valence-electron chi connectivity index (χ2n) is 5.20. The lowest BCUT2D eigenvalue weighted by Crippen LogP contribution is -2.19. The lowest BCUT2D eigenvalue weighted by molar-refractivity contribution is 0.614. The highest BCUT2D eigenvalue weighted by molar-refractivity contribution is 6.31. The van der Waals surface area contributed by atoms with Gasteiger partial charge in [-0.2, -0.15) is 0 Å². The van der Waals surface area contributed by atoms with Crippen LogP contribution in [-0.2, 0) is 0 Å². The quantitative estimate of drug-likeness (QED) is 0.863. The van der Waals surface area contributed by atoms with Gasteiger partial charge in [0.2, 0.25) is 0 Å². The lowest BCUT2D eigenvalue weighted by Gasteiger charge is -2.21. The van der Waals surface area contributed by atoms with Crippen molar-refractivity contribution in [3.05, 3.63) is 69.0 Å². The van der Waals surface area contributed by atoms with Crippen LogP contribution in [0, 0.1) is 26.6 Å². The van der Waals surface area contributed by atoms with Crippen LogP contribution in [0.1, 0.15) is 33.9 Å². The molecule has 0 radical (unpaired) electrons. The van der Waals surface area contributed by atoms with Crippen LogP contribution < -0.4 is 5.32 Å². The first-order valence-electron chi connectivity index (χ1n) is 6.64. The van der Waals surface area contributed by atoms with Crippen LogP contribution in [0.5, 0.6) is 0 Å². The Balaban J connectivity index is 2.55. The van der Waals surface area contributed by atoms with Crippen molar-refractivity contribution in [2.45, 2.75) is 26.8 Å². The Hall–Kier alpha value is -1.38. The van der Waals surface area contributed by atoms with Gasteiger partial charge in [-0.3, -0.25) is 0 Å². The summed E-state index contributed by atoms with van der Waals surface area (Å²) in [5.41, 5.74) is 5.09. The van der Waals surface area contributed by atoms with Gasteiger partial charge in [-0.15, -0.1) is 0 Å². The van der Waals surface area contributed by atoms with Crippen molar-refractivity contribution in [2.75, 3.05) is 7.05 Å². The van der Waals surface area contributed by atoms with Crippen molar-refractivity contribution >= 4 is 11.6 Å². The normalized spacial score (nSPS) is 12.5. The average Bonchev–Trinajstić information content (AvgIpc) is 2.38. The minimum Gasteiger partial charge on any atom is -0.309 e. The zero-order valence-electron chi connectivity index (χ0n) is 12.2. The smallest absolute Gasteiger partial charge is 0.127 e. The van der Waals surface area contributed by atoms with Gasteiger partial charge in [0.25, 0.3) is 0 Å². The van der Waals surface area contributed by atoms with Gasteiger partial charge in [0.15, 0.2) is 0 Å². The van der Waals surface area contributed by atoms with Gasteiger partial charge in [-0.1, -0.05) is 35.4 Å². The summed E-state index contributed by atoms with van der Waals surface area (Å²) in [5, 5.41) is 3.73. The monoisotopic (exact) mass is 291 g/mol. The van der Waals surface area contributed by atoms with Gasteiger partial charge in [0.05, 0.1) is 6.04 Å². The number of hydrogen-bond acceptors (Lipinski definition) is 1. The predicted octanol–water partition coefficient (Wildman–Crippen LogP) is 4.71. The van der Waals surface area contributed by atoms with E-state index in [1.807, 2.05) is 13.1 Å². The summed E-state index contributed by atoms with van der Waals surface area (Å²) >= 11 is 6.23. The van der Waals surface area contributed by atoms with Crippen molar-refractivity contribution in [1.29, 1.82) is 0 Å². The van der Waals surface area contributed by atoms with Crippen LogP contribution in [0.25, 0.3) is 0 Å². The molecular weight excluding hydrogens is 273 g/mol. The maximum Gasteiger partial charge on any atom is 0.127 e. The third-order valence-electron chi connectivity index (χ3n) is 3.61. The molecule has 0 spiro atoms. The molecule has 106 valence electrons. The Morgan fingerprint density at radius 1 is 1.00 bits per heavy atom. The molecule has 1 N–H and O–H groups in total. The Kier molecular flexibility index (Phi) is 4.46. The zero-order valence-corrected chi connectivity index (χ0v) is 13.0. The van der Waals surface area contributed by atoms with Crippen molar-refractivity contribution in [3.8, 4) is 0 Å². The Morgan fingerprint density at radius 3 is 2.30 bits per heavy atom. The molecule has 0 aromatic heterocycles. The second-order valence-corrected chi connectivity index (χ2v) is 5.61. The summed E-state index contributed by atoms with van der Waals surface area (Å²) in [6.45, 7) is 5.90. The largest absolute Gasteiger partial charge is 0.309 e. The van der Waals surface area contributed by atoms with Crippen LogP contribution in [0.4, 0.5) is 4.39 Å². The highest BCUT2D eigenvalue weighted by atomic mass is 35.5. The highest BCUT2D eigenvalue weighted by Gasteiger charge is 2.18. The highest BCUT2D eigenvalue weighted by Crippen LogP contribution is 2.32. The van der Waals surface area contributed by atoms with E-state index in [1.54, 1.807) is 6.92 Å². The molecule has 1 nitrogen and oxygen atoms in total. The first-order chi connectivity index (χ1) is 9.43. The van der Waals surface area contributed by atoms with E-state index < -0.39 is 0 Å². The molecule has 3 heteroatoms. The summed E-state index contributed by atoms with van der Waals surface area (Å²) < 4.78 is 13.6. The molecule has 1 atom stereocenters. The molecule has 0 heterocycles. The van der Waals surface area contributed by atoms with E-state index in [4.69, 9.17) is 11.6 Å². The maximum absolute atomic E-state index is 13.6. The fourth-order valence-corrected chi connectivity index (χ4v) is 2.79. The van der Waals surface area contributed by atoms with Gasteiger partial charge < -0.3 is 5.32 Å². The lowest BCUT2D eigenvalue weighted by atomic mass is 9.93. The van der Waals surface area contributed by atoms with Crippen LogP contribution in [-0.4, -0.2) is 7.05 Å². The minimum absolute atomic E-state index is 0.0394. The van der Waals surface area contributed by atoms with Gasteiger partial charge in [-0.05, 0) is 62.2 Å². The van der Waals surface area contributed by atoms with E-state index in [0.717, 1.165) is 11.1 Å². The summed E-state index contributed by atoms with van der Waals surface area (Å²) in [5.74, 6) is -0.269. The van der Waals surface area contributed by atoms with Crippen molar-refractivity contribution in [1.82, 2.24) is 5.32 Å². The van der Waals surface area contributed by atoms with E-state index in [2.05, 4.69) is 37.4 Å². The molecule has 0 aliphatic rings. The van der Waals surface area contributed by atoms with Crippen LogP contribution >= 0.6 is 11.6 Å². The predicted molar refractivity (Wildman–Crippen MR) is 83.0 cm³/mol. The maximum atomic E-state index is 13.6. The average molecular weight is 292 g/mol. The summed E-state index contributed by atoms with van der Waals surface area (Å²) in [4.78, 5) is 0. The molecule has 0 aliphatic carbocycles. The number of nitrogens with one attached hydrogen (secondary N) is 1. The third kappa shape index (κ3) is 2.87. The van der Waals surface area contributed by atoms with Crippen LogP contribution in [0.3, 0.4) is 0 Å². The molecule has 0 amide bonds. The minimum atomic E-state index is -0.269. The molecule has 0 bridgehead atoms. The molecule has 2 aromatic rings. The van der Waals surface area contributed by atoms with E-state index >= 15 is 0 Å². The number of aryl methyl sites for hydroxylation is 3. The van der Waals surface area contributed by atoms with Crippen molar-refractivity contribution in [3.63, 3.8) is 0 Å². The molecule has 0 aliphatic heterocycles. The molecule has 0 saturated carbocycles. The fraction of sp³-hybridized carbons (Fsp3) is 0.294. The van der Waals surface area contributed by atoms with E-state index in [9.17, 15) is 4.39 Å². The number of benzene rings is 2. The first-order valence-corrected chi connectivity index (χ1v) is 7.01. The van der Waals surface area contributed by atoms with E-state index in [1.165, 1.54) is 17.2 Å². The first kappa shape index (κ1) is 15.0. The Bertz CT molecular complexity index is 637. The van der Waals surface area contributed by atoms with E-state index in [-0.39, 0.29) is 11.9 Å². The fourth-order valence-electron chi connectivity index (χ4n) is 2.53. The number of hydrogen-bond donors (Lipinski definition) is 1. The number of rotatable bonds is 3. The third-order valence-corrected chi connectivity index (χ3v) is 3.94. The molecule has 1 unspecified atom stereocenters. The van der Waals surface area contributed by atoms with Gasteiger partial charge >= 0.3 is 0 Å². The van der Waals surface area contributed by atoms with Crippen LogP contribution in [0.2, 0.25) is 5.02 Å². The zero-order chi connectivity index (χ0) is 14.9. The molecule has 0 fully saturated rings. The summed E-state index contributed by atoms with van der Waals surface area (Å²) in [7, 11) is 1.89. The summed E-state index contributed by atoms with van der Waals surface area (Å²) in [6.07, 6.45) is 0. The second kappa shape index (κ2) is 5.94. The van der Waals surface area contributed by atoms with Crippen molar-refractivity contribution < 1.29 is 4.39 Å². The molecule has 20 heavy (non-hydrogen) atoms. The Labute approximate surface area is 124 Å². The van der Waals surface area contributed by atoms with E-state index in [0.29, 0.717) is 10.6 Å². The topological polar surface area (TPSA) is 12.0 Å². The van der Waals surface area contributed by atoms with Gasteiger partial charge in [-0.25, -0.2) is 4.39 Å². The SMILES string of the molecule is CNC(c1ccc(C)cc1C)c1cc(C)c(F)cc1Cl. The molecule has 2 rings (SSSR count). The van der Waals surface area contributed by atoms with Gasteiger partial charge in [0.1, 0.15) is 5.82 Å². The number of halogens is 2. The standard InChI is InChI=1S/C17H19ClFN/c1-10-5-6-13(11(2)7-10)17(20-4)14-8-12(3)16(19)9-15(14)18/h5-9,17,20H,1-4H3. The summed E-state index contributed by atoms with van der Waals surface area (Å²) in [6, 6.07) is 9.49. The molecule has 2 aromatic carbocycles. The van der Waals surface area contributed by atoms with Crippen LogP contribution in [0.15, 0.2) is 30.3 Å². The molecule has 0 saturated heterocycles.